The summed E-state index contributed by atoms with van der Waals surface area (Å²) in [5.41, 5.74) is 4.99. The number of hydrogen-bond acceptors (Lipinski definition) is 7. The summed E-state index contributed by atoms with van der Waals surface area (Å²) in [6.45, 7) is 0.411. The van der Waals surface area contributed by atoms with Crippen molar-refractivity contribution in [3.8, 4) is 5.75 Å². The lowest BCUT2D eigenvalue weighted by Crippen LogP contribution is -2.25. The molecule has 0 saturated carbocycles. The Morgan fingerprint density at radius 3 is 2.66 bits per heavy atom. The maximum absolute atomic E-state index is 13.8. The Morgan fingerprint density at radius 1 is 1.29 bits per heavy atom. The topological polar surface area (TPSA) is 117 Å². The average Bonchev–Trinajstić information content (AvgIpc) is 3.24. The molecule has 1 unspecified atom stereocenters. The van der Waals surface area contributed by atoms with E-state index in [-0.39, 0.29) is 36.6 Å². The fraction of sp³-hybridized carbons (Fsp3) is 0.333. The number of nitrogens with two attached hydrogens (primary N) is 1. The number of anilines is 1. The van der Waals surface area contributed by atoms with Gasteiger partial charge >= 0.3 is 6.36 Å². The molecule has 9 nitrogen and oxygen atoms in total. The van der Waals surface area contributed by atoms with E-state index in [1.165, 1.54) is 41.3 Å². The second kappa shape index (κ2) is 12.6. The maximum Gasteiger partial charge on any atom is 0.573 e. The molecule has 0 radical (unpaired) electrons. The van der Waals surface area contributed by atoms with Gasteiger partial charge in [0.15, 0.2) is 6.29 Å². The van der Waals surface area contributed by atoms with E-state index in [0.717, 1.165) is 10.1 Å². The van der Waals surface area contributed by atoms with Crippen molar-refractivity contribution in [2.75, 3.05) is 12.8 Å². The molecule has 0 fully saturated rings. The van der Waals surface area contributed by atoms with Crippen LogP contribution in [-0.2, 0) is 19.6 Å². The molecule has 0 aliphatic heterocycles. The molecule has 0 bridgehead atoms. The molecule has 14 heteroatoms. The molecule has 1 atom stereocenters. The highest BCUT2D eigenvalue weighted by Gasteiger charge is 2.31. The van der Waals surface area contributed by atoms with E-state index in [1.807, 2.05) is 0 Å². The number of rotatable bonds is 9. The van der Waals surface area contributed by atoms with Crippen LogP contribution in [0.3, 0.4) is 0 Å². The van der Waals surface area contributed by atoms with Gasteiger partial charge in [-0.15, -0.1) is 18.3 Å². The summed E-state index contributed by atoms with van der Waals surface area (Å²) >= 11 is 0. The zero-order chi connectivity index (χ0) is 26.0. The molecule has 0 aliphatic rings. The van der Waals surface area contributed by atoms with Crippen molar-refractivity contribution >= 4 is 12.0 Å². The highest BCUT2D eigenvalue weighted by molar-refractivity contribution is 5.70. The summed E-state index contributed by atoms with van der Waals surface area (Å²) in [4.78, 5) is 21.9. The van der Waals surface area contributed by atoms with Gasteiger partial charge in [-0.1, -0.05) is 17.3 Å². The number of hydrogen-bond donors (Lipinski definition) is 2. The second-order valence-electron chi connectivity index (χ2n) is 7.18. The molecule has 0 amide bonds. The van der Waals surface area contributed by atoms with Crippen LogP contribution in [-0.4, -0.2) is 45.4 Å². The summed E-state index contributed by atoms with van der Waals surface area (Å²) < 4.78 is 68.6. The molecule has 2 aromatic heterocycles. The Bertz CT molecular complexity index is 1160. The smallest absolute Gasteiger partial charge is 0.406 e. The fourth-order valence-electron chi connectivity index (χ4n) is 2.82. The Morgan fingerprint density at radius 2 is 2.03 bits per heavy atom. The quantitative estimate of drug-likeness (QED) is 0.341. The average molecular weight is 502 g/mol. The van der Waals surface area contributed by atoms with Gasteiger partial charge in [-0.2, -0.15) is 4.39 Å². The summed E-state index contributed by atoms with van der Waals surface area (Å²) in [5.74, 6) is -1.23. The van der Waals surface area contributed by atoms with Gasteiger partial charge in [-0.05, 0) is 37.2 Å². The van der Waals surface area contributed by atoms with Crippen LogP contribution in [0.5, 0.6) is 5.75 Å². The normalized spacial score (nSPS) is 11.9. The zero-order valence-corrected chi connectivity index (χ0v) is 18.5. The Hall–Kier alpha value is -3.81. The number of carbonyl (C=O) groups is 1. The number of nitrogens with one attached hydrogen (secondary N) is 1. The number of halogens is 5. The third kappa shape index (κ3) is 9.16. The number of aromatic nitrogens is 4. The van der Waals surface area contributed by atoms with Crippen molar-refractivity contribution in [1.82, 2.24) is 24.9 Å². The molecular weight excluding hydrogens is 479 g/mol. The van der Waals surface area contributed by atoms with Crippen molar-refractivity contribution < 1.29 is 31.5 Å². The minimum Gasteiger partial charge on any atom is -0.406 e. The fourth-order valence-corrected chi connectivity index (χ4v) is 2.82. The SMILES string of the molecule is CNCc1cccc(OC(F)(F)F)c1.Nc1ccn(CCC(F)Cn2cc(C=O)nn2)c(=O)c1F. The third-order valence-electron chi connectivity index (χ3n) is 4.39. The summed E-state index contributed by atoms with van der Waals surface area (Å²) in [5, 5.41) is 9.91. The van der Waals surface area contributed by atoms with Crippen molar-refractivity contribution in [3.63, 3.8) is 0 Å². The molecule has 3 rings (SSSR count). The Labute approximate surface area is 196 Å². The van der Waals surface area contributed by atoms with Crippen LogP contribution in [0.1, 0.15) is 22.5 Å². The van der Waals surface area contributed by atoms with Crippen molar-refractivity contribution in [2.45, 2.75) is 38.6 Å². The van der Waals surface area contributed by atoms with Crippen LogP contribution >= 0.6 is 0 Å². The molecule has 1 aromatic carbocycles. The van der Waals surface area contributed by atoms with Crippen LogP contribution in [0.25, 0.3) is 0 Å². The first kappa shape index (κ1) is 27.4. The van der Waals surface area contributed by atoms with Gasteiger partial charge in [-0.25, -0.2) is 9.07 Å². The minimum absolute atomic E-state index is 0.00638. The van der Waals surface area contributed by atoms with Gasteiger partial charge in [0.1, 0.15) is 17.6 Å². The molecule has 3 N–H and O–H groups in total. The number of nitrogens with zero attached hydrogens (tertiary/aromatic N) is 4. The monoisotopic (exact) mass is 502 g/mol. The summed E-state index contributed by atoms with van der Waals surface area (Å²) in [7, 11) is 1.72. The van der Waals surface area contributed by atoms with Crippen LogP contribution in [0.4, 0.5) is 27.6 Å². The highest BCUT2D eigenvalue weighted by atomic mass is 19.4. The van der Waals surface area contributed by atoms with Gasteiger partial charge in [0.25, 0.3) is 5.56 Å². The standard InChI is InChI=1S/C12H13F2N5O2.C9H10F3NO/c13-8(5-19-6-9(7-20)16-17-19)1-3-18-4-2-10(15)11(14)12(18)21;1-13-6-7-3-2-4-8(5-7)14-9(10,11)12/h2,4,6-8H,1,3,5,15H2;2-5,13H,6H2,1H3. The number of aryl methyl sites for hydroxylation is 1. The number of aldehydes is 1. The van der Waals surface area contributed by atoms with Gasteiger partial charge in [0, 0.05) is 19.3 Å². The lowest BCUT2D eigenvalue weighted by molar-refractivity contribution is -0.274. The molecule has 0 aliphatic carbocycles. The molecule has 190 valence electrons. The molecule has 2 heterocycles. The van der Waals surface area contributed by atoms with Gasteiger partial charge in [0.05, 0.1) is 18.4 Å². The van der Waals surface area contributed by atoms with E-state index in [2.05, 4.69) is 20.4 Å². The number of nitrogen functional groups attached to an aromatic ring is 1. The highest BCUT2D eigenvalue weighted by Crippen LogP contribution is 2.23. The predicted molar refractivity (Wildman–Crippen MR) is 116 cm³/mol. The molecule has 0 spiro atoms. The van der Waals surface area contributed by atoms with E-state index in [1.54, 1.807) is 13.1 Å². The summed E-state index contributed by atoms with van der Waals surface area (Å²) in [6, 6.07) is 7.11. The van der Waals surface area contributed by atoms with Crippen LogP contribution in [0, 0.1) is 5.82 Å². The molecule has 35 heavy (non-hydrogen) atoms. The van der Waals surface area contributed by atoms with E-state index >= 15 is 0 Å². The van der Waals surface area contributed by atoms with Gasteiger partial charge in [0.2, 0.25) is 5.82 Å². The number of alkyl halides is 4. The Kier molecular flexibility index (Phi) is 9.87. The lowest BCUT2D eigenvalue weighted by atomic mass is 10.2. The van der Waals surface area contributed by atoms with Crippen LogP contribution in [0.15, 0.2) is 47.5 Å². The van der Waals surface area contributed by atoms with E-state index in [9.17, 15) is 31.5 Å². The maximum atomic E-state index is 13.8. The van der Waals surface area contributed by atoms with E-state index in [0.29, 0.717) is 12.8 Å². The number of pyridine rings is 1. The van der Waals surface area contributed by atoms with Crippen molar-refractivity contribution in [2.24, 2.45) is 0 Å². The van der Waals surface area contributed by atoms with Crippen LogP contribution < -0.4 is 21.3 Å². The Balaban J connectivity index is 0.000000269. The number of benzene rings is 1. The van der Waals surface area contributed by atoms with E-state index < -0.39 is 23.9 Å². The first-order valence-electron chi connectivity index (χ1n) is 10.2. The summed E-state index contributed by atoms with van der Waals surface area (Å²) in [6.07, 6.45) is -2.83. The first-order valence-corrected chi connectivity index (χ1v) is 10.2. The van der Waals surface area contributed by atoms with E-state index in [4.69, 9.17) is 5.73 Å². The minimum atomic E-state index is -4.63. The van der Waals surface area contributed by atoms with Gasteiger partial charge in [-0.3, -0.25) is 9.59 Å². The van der Waals surface area contributed by atoms with Crippen LogP contribution in [0.2, 0.25) is 0 Å². The van der Waals surface area contributed by atoms with Crippen molar-refractivity contribution in [1.29, 1.82) is 0 Å². The molecule has 3 aromatic rings. The molecule has 0 saturated heterocycles. The van der Waals surface area contributed by atoms with Gasteiger partial charge < -0.3 is 20.4 Å². The molecular formula is C21H23F5N6O3. The number of ether oxygens (including phenoxy) is 1. The lowest BCUT2D eigenvalue weighted by Gasteiger charge is -2.10. The first-order chi connectivity index (χ1) is 16.5. The third-order valence-corrected chi connectivity index (χ3v) is 4.39. The largest absolute Gasteiger partial charge is 0.573 e. The van der Waals surface area contributed by atoms with Crippen molar-refractivity contribution in [3.05, 3.63) is 70.2 Å². The predicted octanol–water partition coefficient (Wildman–Crippen LogP) is 2.71. The zero-order valence-electron chi connectivity index (χ0n) is 18.5. The second-order valence-corrected chi connectivity index (χ2v) is 7.18. The number of carbonyl (C=O) groups excluding carboxylic acids is 1.